The fourth-order valence-electron chi connectivity index (χ4n) is 3.12. The predicted molar refractivity (Wildman–Crippen MR) is 80.7 cm³/mol. The van der Waals surface area contributed by atoms with Crippen LogP contribution in [0, 0.1) is 0 Å². The molecule has 3 heterocycles. The van der Waals surface area contributed by atoms with E-state index in [9.17, 15) is 25.5 Å². The van der Waals surface area contributed by atoms with Crippen LogP contribution >= 0.6 is 0 Å². The van der Waals surface area contributed by atoms with Gasteiger partial charge in [0.1, 0.15) is 23.4 Å². The summed E-state index contributed by atoms with van der Waals surface area (Å²) in [4.78, 5) is 0. The molecule has 0 saturated carbocycles. The Hall–Kier alpha value is -0.440. The largest absolute Gasteiger partial charge is 0.393 e. The molecule has 0 aromatic heterocycles. The SMILES string of the molecule is OCC1(O)COC(OCC2(O)COC(OC3COCC(O)C3)C2O)C1O. The molecule has 3 fully saturated rings. The maximum atomic E-state index is 10.5. The van der Waals surface area contributed by atoms with Crippen molar-refractivity contribution in [2.24, 2.45) is 0 Å². The second-order valence-electron chi connectivity index (χ2n) is 7.11. The second kappa shape index (κ2) is 7.89. The molecule has 8 unspecified atom stereocenters. The Bertz CT molecular complexity index is 479. The molecule has 26 heavy (non-hydrogen) atoms. The average Bonchev–Trinajstić information content (AvgIpc) is 3.06. The summed E-state index contributed by atoms with van der Waals surface area (Å²) in [6.07, 6.45) is -6.19. The van der Waals surface area contributed by atoms with Crippen molar-refractivity contribution in [2.45, 2.75) is 54.6 Å². The van der Waals surface area contributed by atoms with Gasteiger partial charge in [-0.25, -0.2) is 0 Å². The first-order chi connectivity index (χ1) is 12.3. The molecule has 0 amide bonds. The van der Waals surface area contributed by atoms with Gasteiger partial charge in [0.15, 0.2) is 12.6 Å². The van der Waals surface area contributed by atoms with Gasteiger partial charge in [-0.1, -0.05) is 0 Å². The lowest BCUT2D eigenvalue weighted by Crippen LogP contribution is -2.52. The van der Waals surface area contributed by atoms with Crippen molar-refractivity contribution >= 4 is 0 Å². The summed E-state index contributed by atoms with van der Waals surface area (Å²) < 4.78 is 26.4. The van der Waals surface area contributed by atoms with Crippen LogP contribution in [-0.2, 0) is 23.7 Å². The van der Waals surface area contributed by atoms with Crippen molar-refractivity contribution in [3.05, 3.63) is 0 Å². The molecule has 0 aromatic rings. The number of hydrogen-bond acceptors (Lipinski definition) is 11. The highest BCUT2D eigenvalue weighted by Gasteiger charge is 2.53. The van der Waals surface area contributed by atoms with Crippen molar-refractivity contribution in [1.82, 2.24) is 0 Å². The zero-order valence-electron chi connectivity index (χ0n) is 14.1. The Labute approximate surface area is 149 Å². The molecule has 3 saturated heterocycles. The summed E-state index contributed by atoms with van der Waals surface area (Å²) in [7, 11) is 0. The highest BCUT2D eigenvalue weighted by Crippen LogP contribution is 2.31. The van der Waals surface area contributed by atoms with E-state index < -0.39 is 61.4 Å². The first-order valence-corrected chi connectivity index (χ1v) is 8.45. The van der Waals surface area contributed by atoms with Crippen molar-refractivity contribution in [2.75, 3.05) is 39.6 Å². The van der Waals surface area contributed by atoms with E-state index in [4.69, 9.17) is 28.8 Å². The maximum Gasteiger partial charge on any atom is 0.187 e. The van der Waals surface area contributed by atoms with Gasteiger partial charge in [0.05, 0.1) is 51.8 Å². The predicted octanol–water partition coefficient (Wildman–Crippen LogP) is -3.94. The molecule has 3 rings (SSSR count). The molecule has 152 valence electrons. The fraction of sp³-hybridized carbons (Fsp3) is 1.00. The molecule has 0 aliphatic carbocycles. The third-order valence-corrected chi connectivity index (χ3v) is 4.86. The average molecular weight is 382 g/mol. The van der Waals surface area contributed by atoms with E-state index in [-0.39, 0.29) is 26.4 Å². The molecular formula is C15H26O11. The maximum absolute atomic E-state index is 10.5. The Morgan fingerprint density at radius 3 is 2.23 bits per heavy atom. The van der Waals surface area contributed by atoms with Crippen LogP contribution in [0.25, 0.3) is 0 Å². The van der Waals surface area contributed by atoms with Gasteiger partial charge >= 0.3 is 0 Å². The molecule has 3 aliphatic heterocycles. The van der Waals surface area contributed by atoms with Crippen LogP contribution in [0.1, 0.15) is 6.42 Å². The fourth-order valence-corrected chi connectivity index (χ4v) is 3.12. The third kappa shape index (κ3) is 4.03. The topological polar surface area (TPSA) is 168 Å². The standard InChI is InChI=1S/C15H26O11/c16-4-14(20)5-23-12(10(14)18)24-6-15(21)7-25-13(11(15)19)26-9-1-8(17)2-22-3-9/h8-13,16-21H,1-7H2. The van der Waals surface area contributed by atoms with Crippen LogP contribution < -0.4 is 0 Å². The lowest BCUT2D eigenvalue weighted by molar-refractivity contribution is -0.221. The van der Waals surface area contributed by atoms with Crippen LogP contribution in [0.2, 0.25) is 0 Å². The lowest BCUT2D eigenvalue weighted by Gasteiger charge is -2.31. The Morgan fingerprint density at radius 2 is 1.58 bits per heavy atom. The number of aliphatic hydroxyl groups excluding tert-OH is 4. The lowest BCUT2D eigenvalue weighted by atomic mass is 10.00. The van der Waals surface area contributed by atoms with E-state index in [1.54, 1.807) is 0 Å². The van der Waals surface area contributed by atoms with Crippen molar-refractivity contribution in [1.29, 1.82) is 0 Å². The molecule has 3 aliphatic rings. The van der Waals surface area contributed by atoms with Crippen LogP contribution in [0.4, 0.5) is 0 Å². The summed E-state index contributed by atoms with van der Waals surface area (Å²) in [5.41, 5.74) is -3.66. The van der Waals surface area contributed by atoms with Crippen LogP contribution in [-0.4, -0.2) is 118 Å². The summed E-state index contributed by atoms with van der Waals surface area (Å²) in [6, 6.07) is 0. The second-order valence-corrected chi connectivity index (χ2v) is 7.11. The summed E-state index contributed by atoms with van der Waals surface area (Å²) >= 11 is 0. The molecule has 0 aromatic carbocycles. The monoisotopic (exact) mass is 382 g/mol. The number of rotatable bonds is 6. The van der Waals surface area contributed by atoms with Crippen LogP contribution in [0.5, 0.6) is 0 Å². The Kier molecular flexibility index (Phi) is 6.16. The molecule has 0 spiro atoms. The third-order valence-electron chi connectivity index (χ3n) is 4.86. The smallest absolute Gasteiger partial charge is 0.187 e. The summed E-state index contributed by atoms with van der Waals surface area (Å²) in [5, 5.41) is 59.3. The van der Waals surface area contributed by atoms with E-state index in [0.29, 0.717) is 6.42 Å². The molecule has 11 heteroatoms. The molecule has 0 bridgehead atoms. The van der Waals surface area contributed by atoms with Crippen LogP contribution in [0.3, 0.4) is 0 Å². The van der Waals surface area contributed by atoms with Crippen molar-refractivity contribution in [3.63, 3.8) is 0 Å². The normalized spacial score (nSPS) is 49.6. The zero-order valence-corrected chi connectivity index (χ0v) is 14.1. The number of ether oxygens (including phenoxy) is 5. The minimum atomic E-state index is -1.84. The van der Waals surface area contributed by atoms with E-state index >= 15 is 0 Å². The first-order valence-electron chi connectivity index (χ1n) is 8.45. The number of hydrogen-bond donors (Lipinski definition) is 6. The van der Waals surface area contributed by atoms with Gasteiger partial charge in [-0.2, -0.15) is 0 Å². The van der Waals surface area contributed by atoms with Gasteiger partial charge in [-0.3, -0.25) is 0 Å². The minimum absolute atomic E-state index is 0.218. The quantitative estimate of drug-likeness (QED) is 0.265. The molecule has 6 N–H and O–H groups in total. The Balaban J connectivity index is 1.51. The van der Waals surface area contributed by atoms with E-state index in [2.05, 4.69) is 0 Å². The van der Waals surface area contributed by atoms with Crippen molar-refractivity contribution < 1.29 is 54.3 Å². The zero-order chi connectivity index (χ0) is 18.9. The van der Waals surface area contributed by atoms with Crippen LogP contribution in [0.15, 0.2) is 0 Å². The first kappa shape index (κ1) is 20.3. The van der Waals surface area contributed by atoms with Gasteiger partial charge in [0, 0.05) is 6.42 Å². The molecular weight excluding hydrogens is 356 g/mol. The van der Waals surface area contributed by atoms with E-state index in [0.717, 1.165) is 0 Å². The molecule has 8 atom stereocenters. The highest BCUT2D eigenvalue weighted by molar-refractivity contribution is 4.97. The highest BCUT2D eigenvalue weighted by atomic mass is 16.7. The van der Waals surface area contributed by atoms with Gasteiger partial charge in [0.25, 0.3) is 0 Å². The van der Waals surface area contributed by atoms with Gasteiger partial charge in [-0.05, 0) is 0 Å². The van der Waals surface area contributed by atoms with Gasteiger partial charge < -0.3 is 54.3 Å². The number of aliphatic hydroxyl groups is 6. The molecule has 0 radical (unpaired) electrons. The Morgan fingerprint density at radius 1 is 0.923 bits per heavy atom. The van der Waals surface area contributed by atoms with E-state index in [1.807, 2.05) is 0 Å². The van der Waals surface area contributed by atoms with Crippen molar-refractivity contribution in [3.8, 4) is 0 Å². The van der Waals surface area contributed by atoms with Gasteiger partial charge in [-0.15, -0.1) is 0 Å². The summed E-state index contributed by atoms with van der Waals surface area (Å²) in [5.74, 6) is 0. The molecule has 11 nitrogen and oxygen atoms in total. The van der Waals surface area contributed by atoms with E-state index in [1.165, 1.54) is 0 Å². The summed E-state index contributed by atoms with van der Waals surface area (Å²) in [6.45, 7) is -1.34. The van der Waals surface area contributed by atoms with Gasteiger partial charge in [0.2, 0.25) is 0 Å². The minimum Gasteiger partial charge on any atom is -0.393 e.